The van der Waals surface area contributed by atoms with Crippen molar-refractivity contribution in [3.8, 4) is 0 Å². The number of hydrogen-bond acceptors (Lipinski definition) is 3. The molecule has 0 heterocycles. The van der Waals surface area contributed by atoms with Gasteiger partial charge in [-0.2, -0.15) is 0 Å². The van der Waals surface area contributed by atoms with Crippen molar-refractivity contribution in [2.24, 2.45) is 0 Å². The molecule has 70 valence electrons. The van der Waals surface area contributed by atoms with Gasteiger partial charge in [-0.1, -0.05) is 13.3 Å². The molecule has 1 atom stereocenters. The van der Waals surface area contributed by atoms with Crippen molar-refractivity contribution in [2.75, 3.05) is 20.3 Å². The zero-order chi connectivity index (χ0) is 9.11. The van der Waals surface area contributed by atoms with Crippen LogP contribution in [0.2, 0.25) is 0 Å². The highest BCUT2D eigenvalue weighted by atomic mass is 16.5. The summed E-state index contributed by atoms with van der Waals surface area (Å²) >= 11 is 0. The third-order valence-electron chi connectivity index (χ3n) is 1.17. The van der Waals surface area contributed by atoms with Crippen LogP contribution in [0.5, 0.6) is 0 Å². The van der Waals surface area contributed by atoms with Gasteiger partial charge in [-0.05, 0) is 13.3 Å². The number of methoxy groups -OCH3 is 1. The molecule has 0 aromatic heterocycles. The first-order chi connectivity index (χ1) is 5.22. The van der Waals surface area contributed by atoms with E-state index in [0.717, 1.165) is 12.8 Å². The maximum absolute atomic E-state index is 8.21. The van der Waals surface area contributed by atoms with Gasteiger partial charge in [0, 0.05) is 13.7 Å². The molecule has 0 rings (SSSR count). The van der Waals surface area contributed by atoms with Gasteiger partial charge in [0.25, 0.3) is 0 Å². The second-order valence-electron chi connectivity index (χ2n) is 2.31. The van der Waals surface area contributed by atoms with E-state index in [1.54, 1.807) is 14.0 Å². The molecule has 0 fully saturated rings. The lowest BCUT2D eigenvalue weighted by atomic mass is 10.4. The Kier molecular flexibility index (Phi) is 15.4. The van der Waals surface area contributed by atoms with E-state index in [-0.39, 0.29) is 12.7 Å². The van der Waals surface area contributed by atoms with E-state index in [9.17, 15) is 0 Å². The summed E-state index contributed by atoms with van der Waals surface area (Å²) in [5.74, 6) is 0. The number of ether oxygens (including phenoxy) is 1. The zero-order valence-corrected chi connectivity index (χ0v) is 7.71. The van der Waals surface area contributed by atoms with Gasteiger partial charge in [-0.25, -0.2) is 0 Å². The fraction of sp³-hybridized carbons (Fsp3) is 1.00. The Bertz CT molecular complexity index is 51.3. The highest BCUT2D eigenvalue weighted by molar-refractivity contribution is 4.38. The minimum atomic E-state index is -0.00926. The molecule has 1 unspecified atom stereocenters. The van der Waals surface area contributed by atoms with E-state index < -0.39 is 0 Å². The molecule has 0 saturated carbocycles. The lowest BCUT2D eigenvalue weighted by Gasteiger charge is -2.00. The van der Waals surface area contributed by atoms with E-state index >= 15 is 0 Å². The molecule has 0 aliphatic heterocycles. The van der Waals surface area contributed by atoms with Gasteiger partial charge in [-0.3, -0.25) is 0 Å². The molecule has 3 nitrogen and oxygen atoms in total. The SMILES string of the molecule is CCCCO.COC(C)CO. The first kappa shape index (κ1) is 13.5. The Hall–Kier alpha value is -0.120. The van der Waals surface area contributed by atoms with Crippen LogP contribution in [-0.2, 0) is 4.74 Å². The number of unbranched alkanes of at least 4 members (excludes halogenated alkanes) is 1. The average Bonchev–Trinajstić information content (AvgIpc) is 2.06. The predicted octanol–water partition coefficient (Wildman–Crippen LogP) is 0.792. The smallest absolute Gasteiger partial charge is 0.0773 e. The third kappa shape index (κ3) is 17.7. The Balaban J connectivity index is 0. The molecule has 2 N–H and O–H groups in total. The van der Waals surface area contributed by atoms with Crippen LogP contribution in [0.3, 0.4) is 0 Å². The topological polar surface area (TPSA) is 49.7 Å². The van der Waals surface area contributed by atoms with Crippen LogP contribution in [0.1, 0.15) is 26.7 Å². The van der Waals surface area contributed by atoms with Gasteiger partial charge < -0.3 is 14.9 Å². The van der Waals surface area contributed by atoms with Crippen LogP contribution in [0, 0.1) is 0 Å². The maximum Gasteiger partial charge on any atom is 0.0773 e. The summed E-state index contributed by atoms with van der Waals surface area (Å²) in [7, 11) is 1.57. The summed E-state index contributed by atoms with van der Waals surface area (Å²) in [5.41, 5.74) is 0. The highest BCUT2D eigenvalue weighted by Gasteiger charge is 1.90. The van der Waals surface area contributed by atoms with Crippen LogP contribution >= 0.6 is 0 Å². The monoisotopic (exact) mass is 164 g/mol. The largest absolute Gasteiger partial charge is 0.396 e. The Morgan fingerprint density at radius 1 is 1.36 bits per heavy atom. The lowest BCUT2D eigenvalue weighted by molar-refractivity contribution is 0.0623. The van der Waals surface area contributed by atoms with Crippen molar-refractivity contribution in [1.82, 2.24) is 0 Å². The van der Waals surface area contributed by atoms with E-state index in [4.69, 9.17) is 10.2 Å². The summed E-state index contributed by atoms with van der Waals surface area (Å²) in [6.45, 7) is 4.31. The third-order valence-corrected chi connectivity index (χ3v) is 1.17. The number of aliphatic hydroxyl groups excluding tert-OH is 2. The minimum absolute atomic E-state index is 0.00926. The van der Waals surface area contributed by atoms with Crippen molar-refractivity contribution in [1.29, 1.82) is 0 Å². The quantitative estimate of drug-likeness (QED) is 0.646. The molecule has 0 aliphatic rings. The van der Waals surface area contributed by atoms with Crippen LogP contribution in [-0.4, -0.2) is 36.6 Å². The first-order valence-electron chi connectivity index (χ1n) is 3.97. The molecule has 0 bridgehead atoms. The molecule has 0 aliphatic carbocycles. The van der Waals surface area contributed by atoms with E-state index in [1.165, 1.54) is 0 Å². The summed E-state index contributed by atoms with van der Waals surface area (Å²) in [5, 5.41) is 16.3. The molecular weight excluding hydrogens is 144 g/mol. The molecule has 0 spiro atoms. The van der Waals surface area contributed by atoms with Gasteiger partial charge in [0.2, 0.25) is 0 Å². The highest BCUT2D eigenvalue weighted by Crippen LogP contribution is 1.80. The summed E-state index contributed by atoms with van der Waals surface area (Å²) in [4.78, 5) is 0. The van der Waals surface area contributed by atoms with E-state index in [1.807, 2.05) is 0 Å². The Morgan fingerprint density at radius 2 is 1.91 bits per heavy atom. The Labute approximate surface area is 69.0 Å². The maximum atomic E-state index is 8.21. The summed E-state index contributed by atoms with van der Waals surface area (Å²) in [6, 6.07) is 0. The van der Waals surface area contributed by atoms with E-state index in [0.29, 0.717) is 6.61 Å². The molecular formula is C8H20O3. The van der Waals surface area contributed by atoms with Crippen molar-refractivity contribution >= 4 is 0 Å². The zero-order valence-electron chi connectivity index (χ0n) is 7.71. The fourth-order valence-corrected chi connectivity index (χ4v) is 0.233. The van der Waals surface area contributed by atoms with Crippen LogP contribution < -0.4 is 0 Å². The second-order valence-corrected chi connectivity index (χ2v) is 2.31. The van der Waals surface area contributed by atoms with Crippen molar-refractivity contribution in [3.05, 3.63) is 0 Å². The molecule has 0 aromatic carbocycles. The summed E-state index contributed by atoms with van der Waals surface area (Å²) < 4.78 is 4.65. The number of rotatable bonds is 4. The predicted molar refractivity (Wildman–Crippen MR) is 45.6 cm³/mol. The van der Waals surface area contributed by atoms with E-state index in [2.05, 4.69) is 11.7 Å². The molecule has 3 heteroatoms. The van der Waals surface area contributed by atoms with Crippen molar-refractivity contribution < 1.29 is 14.9 Å². The minimum Gasteiger partial charge on any atom is -0.396 e. The number of aliphatic hydroxyl groups is 2. The first-order valence-corrected chi connectivity index (χ1v) is 3.97. The van der Waals surface area contributed by atoms with Crippen LogP contribution in [0.15, 0.2) is 0 Å². The van der Waals surface area contributed by atoms with Crippen LogP contribution in [0.4, 0.5) is 0 Å². The van der Waals surface area contributed by atoms with Gasteiger partial charge in [0.15, 0.2) is 0 Å². The van der Waals surface area contributed by atoms with Gasteiger partial charge in [-0.15, -0.1) is 0 Å². The standard InChI is InChI=1S/C4H10O2.C4H10O/c1-4(3-5)6-2;1-2-3-4-5/h4-5H,3H2,1-2H3;5H,2-4H2,1H3. The van der Waals surface area contributed by atoms with Crippen molar-refractivity contribution in [3.63, 3.8) is 0 Å². The Morgan fingerprint density at radius 3 is 1.91 bits per heavy atom. The van der Waals surface area contributed by atoms with Crippen LogP contribution in [0.25, 0.3) is 0 Å². The van der Waals surface area contributed by atoms with Gasteiger partial charge in [0.05, 0.1) is 12.7 Å². The average molecular weight is 164 g/mol. The molecule has 0 saturated heterocycles. The fourth-order valence-electron chi connectivity index (χ4n) is 0.233. The lowest BCUT2D eigenvalue weighted by Crippen LogP contribution is -2.08. The van der Waals surface area contributed by atoms with Gasteiger partial charge >= 0.3 is 0 Å². The summed E-state index contributed by atoms with van der Waals surface area (Å²) in [6.07, 6.45) is 2.03. The number of hydrogen-bond donors (Lipinski definition) is 2. The molecule has 0 aromatic rings. The molecule has 0 amide bonds. The van der Waals surface area contributed by atoms with Crippen molar-refractivity contribution in [2.45, 2.75) is 32.8 Å². The molecule has 11 heavy (non-hydrogen) atoms. The second kappa shape index (κ2) is 12.5. The van der Waals surface area contributed by atoms with Gasteiger partial charge in [0.1, 0.15) is 0 Å². The normalized spacial score (nSPS) is 11.7. The molecule has 0 radical (unpaired) electrons.